The van der Waals surface area contributed by atoms with Crippen molar-refractivity contribution in [2.75, 3.05) is 12.4 Å². The quantitative estimate of drug-likeness (QED) is 0.704. The van der Waals surface area contributed by atoms with E-state index >= 15 is 0 Å². The Kier molecular flexibility index (Phi) is 5.53. The van der Waals surface area contributed by atoms with Gasteiger partial charge in [0, 0.05) is 18.4 Å². The summed E-state index contributed by atoms with van der Waals surface area (Å²) in [6, 6.07) is 17.2. The van der Waals surface area contributed by atoms with E-state index < -0.39 is 0 Å². The van der Waals surface area contributed by atoms with Gasteiger partial charge >= 0.3 is 6.03 Å². The fourth-order valence-electron chi connectivity index (χ4n) is 2.68. The molecule has 0 radical (unpaired) electrons. The molecule has 0 bridgehead atoms. The number of para-hydroxylation sites is 2. The third kappa shape index (κ3) is 4.42. The lowest BCUT2D eigenvalue weighted by Crippen LogP contribution is -2.29. The van der Waals surface area contributed by atoms with Crippen molar-refractivity contribution in [2.24, 2.45) is 0 Å². The standard InChI is InChI=1S/C20H20FN3O2/c1-26-19-10-3-2-9-18(19)23-20(25)22-13-17-8-5-11-24(17)14-15-6-4-7-16(21)12-15/h2-12H,13-14H2,1H3,(H2,22,23,25). The minimum Gasteiger partial charge on any atom is -0.495 e. The number of carbonyl (C=O) groups is 1. The Balaban J connectivity index is 1.60. The molecule has 2 amide bonds. The fraction of sp³-hybridized carbons (Fsp3) is 0.150. The van der Waals surface area contributed by atoms with Gasteiger partial charge in [0.1, 0.15) is 11.6 Å². The molecule has 2 N–H and O–H groups in total. The molecule has 0 saturated carbocycles. The third-order valence-corrected chi connectivity index (χ3v) is 3.95. The average Bonchev–Trinajstić information content (AvgIpc) is 3.07. The first-order chi connectivity index (χ1) is 12.7. The van der Waals surface area contributed by atoms with Gasteiger partial charge in [-0.25, -0.2) is 9.18 Å². The zero-order valence-electron chi connectivity index (χ0n) is 14.4. The molecule has 0 atom stereocenters. The van der Waals surface area contributed by atoms with Crippen molar-refractivity contribution >= 4 is 11.7 Å². The lowest BCUT2D eigenvalue weighted by Gasteiger charge is -2.13. The summed E-state index contributed by atoms with van der Waals surface area (Å²) in [7, 11) is 1.55. The number of hydrogen-bond acceptors (Lipinski definition) is 2. The number of aromatic nitrogens is 1. The van der Waals surface area contributed by atoms with Crippen LogP contribution < -0.4 is 15.4 Å². The van der Waals surface area contributed by atoms with Crippen molar-refractivity contribution in [3.63, 3.8) is 0 Å². The van der Waals surface area contributed by atoms with Crippen molar-refractivity contribution in [1.82, 2.24) is 9.88 Å². The smallest absolute Gasteiger partial charge is 0.319 e. The number of urea groups is 1. The highest BCUT2D eigenvalue weighted by Gasteiger charge is 2.08. The van der Waals surface area contributed by atoms with Gasteiger partial charge in [0.25, 0.3) is 0 Å². The number of nitrogens with zero attached hydrogens (tertiary/aromatic N) is 1. The van der Waals surface area contributed by atoms with Gasteiger partial charge in [-0.1, -0.05) is 24.3 Å². The third-order valence-electron chi connectivity index (χ3n) is 3.95. The highest BCUT2D eigenvalue weighted by atomic mass is 19.1. The van der Waals surface area contributed by atoms with E-state index in [-0.39, 0.29) is 11.8 Å². The van der Waals surface area contributed by atoms with Gasteiger partial charge < -0.3 is 19.9 Å². The molecular weight excluding hydrogens is 333 g/mol. The van der Waals surface area contributed by atoms with Crippen LogP contribution in [0.2, 0.25) is 0 Å². The van der Waals surface area contributed by atoms with Crippen molar-refractivity contribution < 1.29 is 13.9 Å². The van der Waals surface area contributed by atoms with Crippen LogP contribution >= 0.6 is 0 Å². The van der Waals surface area contributed by atoms with Crippen LogP contribution in [0.1, 0.15) is 11.3 Å². The molecule has 5 nitrogen and oxygen atoms in total. The largest absolute Gasteiger partial charge is 0.495 e. The van der Waals surface area contributed by atoms with Crippen molar-refractivity contribution in [3.8, 4) is 5.75 Å². The number of carbonyl (C=O) groups excluding carboxylic acids is 1. The van der Waals surface area contributed by atoms with Gasteiger partial charge in [0.15, 0.2) is 0 Å². The maximum atomic E-state index is 13.3. The normalized spacial score (nSPS) is 10.4. The number of benzene rings is 2. The second-order valence-electron chi connectivity index (χ2n) is 5.77. The first-order valence-corrected chi connectivity index (χ1v) is 8.22. The summed E-state index contributed by atoms with van der Waals surface area (Å²) in [4.78, 5) is 12.2. The molecule has 134 valence electrons. The molecule has 3 aromatic rings. The van der Waals surface area contributed by atoms with Gasteiger partial charge in [-0.2, -0.15) is 0 Å². The number of hydrogen-bond donors (Lipinski definition) is 2. The Hall–Kier alpha value is -3.28. The number of methoxy groups -OCH3 is 1. The number of ether oxygens (including phenoxy) is 1. The van der Waals surface area contributed by atoms with Crippen LogP contribution in [0.5, 0.6) is 5.75 Å². The zero-order valence-corrected chi connectivity index (χ0v) is 14.4. The monoisotopic (exact) mass is 353 g/mol. The highest BCUT2D eigenvalue weighted by molar-refractivity contribution is 5.90. The Bertz CT molecular complexity index is 892. The van der Waals surface area contributed by atoms with Crippen molar-refractivity contribution in [2.45, 2.75) is 13.1 Å². The average molecular weight is 353 g/mol. The highest BCUT2D eigenvalue weighted by Crippen LogP contribution is 2.22. The Morgan fingerprint density at radius 2 is 1.96 bits per heavy atom. The summed E-state index contributed by atoms with van der Waals surface area (Å²) in [6.45, 7) is 0.888. The Morgan fingerprint density at radius 1 is 1.12 bits per heavy atom. The molecule has 0 fully saturated rings. The van der Waals surface area contributed by atoms with E-state index in [2.05, 4.69) is 10.6 Å². The van der Waals surface area contributed by atoms with Crippen molar-refractivity contribution in [3.05, 3.63) is 83.9 Å². The van der Waals surface area contributed by atoms with Gasteiger partial charge in [0.2, 0.25) is 0 Å². The zero-order chi connectivity index (χ0) is 18.4. The van der Waals surface area contributed by atoms with Crippen LogP contribution in [0.3, 0.4) is 0 Å². The molecular formula is C20H20FN3O2. The molecule has 26 heavy (non-hydrogen) atoms. The first-order valence-electron chi connectivity index (χ1n) is 8.22. The molecule has 6 heteroatoms. The lowest BCUT2D eigenvalue weighted by molar-refractivity contribution is 0.251. The molecule has 3 rings (SSSR count). The van der Waals surface area contributed by atoms with Crippen LogP contribution in [0, 0.1) is 5.82 Å². The molecule has 1 aromatic heterocycles. The predicted molar refractivity (Wildman–Crippen MR) is 98.8 cm³/mol. The first kappa shape index (κ1) is 17.5. The number of amides is 2. The molecule has 0 aliphatic rings. The number of anilines is 1. The van der Waals surface area contributed by atoms with E-state index in [1.165, 1.54) is 12.1 Å². The van der Waals surface area contributed by atoms with Gasteiger partial charge in [-0.15, -0.1) is 0 Å². The SMILES string of the molecule is COc1ccccc1NC(=O)NCc1cccn1Cc1cccc(F)c1. The Labute approximate surface area is 151 Å². The van der Waals surface area contributed by atoms with Crippen LogP contribution in [0.15, 0.2) is 66.9 Å². The van der Waals surface area contributed by atoms with E-state index in [9.17, 15) is 9.18 Å². The molecule has 2 aromatic carbocycles. The number of halogens is 1. The molecule has 1 heterocycles. The Morgan fingerprint density at radius 3 is 2.77 bits per heavy atom. The van der Waals surface area contributed by atoms with Gasteiger partial charge in [-0.3, -0.25) is 0 Å². The van der Waals surface area contributed by atoms with E-state index in [1.807, 2.05) is 41.1 Å². The number of rotatable bonds is 6. The van der Waals surface area contributed by atoms with Gasteiger partial charge in [-0.05, 0) is 42.0 Å². The minimum absolute atomic E-state index is 0.259. The fourth-order valence-corrected chi connectivity index (χ4v) is 2.68. The van der Waals surface area contributed by atoms with E-state index in [0.717, 1.165) is 11.3 Å². The van der Waals surface area contributed by atoms with E-state index in [4.69, 9.17) is 4.74 Å². The van der Waals surface area contributed by atoms with Crippen LogP contribution in [0.4, 0.5) is 14.9 Å². The maximum Gasteiger partial charge on any atom is 0.319 e. The molecule has 0 saturated heterocycles. The summed E-state index contributed by atoms with van der Waals surface area (Å²) < 4.78 is 20.5. The molecule has 0 unspecified atom stereocenters. The summed E-state index contributed by atoms with van der Waals surface area (Å²) in [5.74, 6) is 0.336. The lowest BCUT2D eigenvalue weighted by atomic mass is 10.2. The summed E-state index contributed by atoms with van der Waals surface area (Å²) in [5.41, 5.74) is 2.38. The number of nitrogens with one attached hydrogen (secondary N) is 2. The van der Waals surface area contributed by atoms with Crippen molar-refractivity contribution in [1.29, 1.82) is 0 Å². The molecule has 0 spiro atoms. The summed E-state index contributed by atoms with van der Waals surface area (Å²) in [5, 5.41) is 5.59. The molecule has 0 aliphatic heterocycles. The minimum atomic E-state index is -0.326. The van der Waals surface area contributed by atoms with Crippen LogP contribution in [0.25, 0.3) is 0 Å². The molecule has 0 aliphatic carbocycles. The van der Waals surface area contributed by atoms with E-state index in [1.54, 1.807) is 25.3 Å². The second-order valence-corrected chi connectivity index (χ2v) is 5.77. The van der Waals surface area contributed by atoms with Crippen LogP contribution in [-0.2, 0) is 13.1 Å². The second kappa shape index (κ2) is 8.20. The van der Waals surface area contributed by atoms with E-state index in [0.29, 0.717) is 24.5 Å². The summed E-state index contributed by atoms with van der Waals surface area (Å²) >= 11 is 0. The van der Waals surface area contributed by atoms with Crippen LogP contribution in [-0.4, -0.2) is 17.7 Å². The predicted octanol–water partition coefficient (Wildman–Crippen LogP) is 4.01. The van der Waals surface area contributed by atoms with Gasteiger partial charge in [0.05, 0.1) is 19.3 Å². The topological polar surface area (TPSA) is 55.3 Å². The summed E-state index contributed by atoms with van der Waals surface area (Å²) in [6.07, 6.45) is 1.90. The maximum absolute atomic E-state index is 13.3.